The SMILES string of the molecule is CCCn1cncc1C(CC(=O)O)N1CCCC1. The number of aliphatic carboxylic acids is 1. The Morgan fingerprint density at radius 1 is 1.50 bits per heavy atom. The van der Waals surface area contributed by atoms with E-state index in [-0.39, 0.29) is 12.5 Å². The molecule has 1 aliphatic heterocycles. The molecule has 1 aromatic rings. The second kappa shape index (κ2) is 6.00. The first-order valence-electron chi connectivity index (χ1n) is 6.68. The minimum Gasteiger partial charge on any atom is -0.481 e. The zero-order chi connectivity index (χ0) is 13.0. The van der Waals surface area contributed by atoms with Crippen LogP contribution in [0, 0.1) is 0 Å². The zero-order valence-corrected chi connectivity index (χ0v) is 10.9. The van der Waals surface area contributed by atoms with Gasteiger partial charge in [-0.15, -0.1) is 0 Å². The van der Waals surface area contributed by atoms with E-state index in [1.807, 2.05) is 12.5 Å². The molecular weight excluding hydrogens is 230 g/mol. The fraction of sp³-hybridized carbons (Fsp3) is 0.692. The molecule has 18 heavy (non-hydrogen) atoms. The molecule has 0 radical (unpaired) electrons. The summed E-state index contributed by atoms with van der Waals surface area (Å²) in [5.41, 5.74) is 1.04. The van der Waals surface area contributed by atoms with Gasteiger partial charge in [0.25, 0.3) is 0 Å². The van der Waals surface area contributed by atoms with E-state index in [0.29, 0.717) is 0 Å². The molecule has 0 amide bonds. The Balaban J connectivity index is 2.20. The number of carboxylic acid groups (broad SMARTS) is 1. The van der Waals surface area contributed by atoms with Crippen LogP contribution in [-0.4, -0.2) is 38.6 Å². The van der Waals surface area contributed by atoms with E-state index in [1.165, 1.54) is 0 Å². The van der Waals surface area contributed by atoms with Gasteiger partial charge in [-0.05, 0) is 32.4 Å². The molecule has 0 saturated carbocycles. The largest absolute Gasteiger partial charge is 0.481 e. The Kier molecular flexibility index (Phi) is 4.36. The van der Waals surface area contributed by atoms with Crippen LogP contribution in [0.25, 0.3) is 0 Å². The van der Waals surface area contributed by atoms with Crippen LogP contribution in [0.2, 0.25) is 0 Å². The van der Waals surface area contributed by atoms with Crippen LogP contribution in [0.1, 0.15) is 44.3 Å². The van der Waals surface area contributed by atoms with Crippen molar-refractivity contribution >= 4 is 5.97 Å². The predicted octanol–water partition coefficient (Wildman–Crippen LogP) is 1.90. The molecule has 100 valence electrons. The van der Waals surface area contributed by atoms with Crippen molar-refractivity contribution in [3.05, 3.63) is 18.2 Å². The lowest BCUT2D eigenvalue weighted by atomic mass is 10.1. The Morgan fingerprint density at radius 3 is 2.83 bits per heavy atom. The highest BCUT2D eigenvalue weighted by atomic mass is 16.4. The van der Waals surface area contributed by atoms with Crippen molar-refractivity contribution in [1.82, 2.24) is 14.5 Å². The second-order valence-corrected chi connectivity index (χ2v) is 4.87. The standard InChI is InChI=1S/C13H21N3O2/c1-2-5-16-10-14-9-12(16)11(8-13(17)18)15-6-3-4-7-15/h9-11H,2-8H2,1H3,(H,17,18). The fourth-order valence-electron chi connectivity index (χ4n) is 2.68. The fourth-order valence-corrected chi connectivity index (χ4v) is 2.68. The highest BCUT2D eigenvalue weighted by Crippen LogP contribution is 2.28. The minimum atomic E-state index is -0.740. The lowest BCUT2D eigenvalue weighted by Crippen LogP contribution is -2.29. The van der Waals surface area contributed by atoms with Crippen molar-refractivity contribution in [2.45, 2.75) is 45.2 Å². The van der Waals surface area contributed by atoms with Crippen LogP contribution in [0.3, 0.4) is 0 Å². The highest BCUT2D eigenvalue weighted by molar-refractivity contribution is 5.67. The zero-order valence-electron chi connectivity index (χ0n) is 10.9. The van der Waals surface area contributed by atoms with E-state index in [9.17, 15) is 4.79 Å². The average Bonchev–Trinajstić information content (AvgIpc) is 2.97. The summed E-state index contributed by atoms with van der Waals surface area (Å²) in [5.74, 6) is -0.740. The van der Waals surface area contributed by atoms with Gasteiger partial charge in [-0.25, -0.2) is 4.98 Å². The third-order valence-corrected chi connectivity index (χ3v) is 3.50. The van der Waals surface area contributed by atoms with Gasteiger partial charge in [0, 0.05) is 12.7 Å². The number of hydrogen-bond donors (Lipinski definition) is 1. The van der Waals surface area contributed by atoms with E-state index in [4.69, 9.17) is 5.11 Å². The average molecular weight is 251 g/mol. The number of aromatic nitrogens is 2. The van der Waals surface area contributed by atoms with Gasteiger partial charge in [-0.3, -0.25) is 9.69 Å². The lowest BCUT2D eigenvalue weighted by molar-refractivity contribution is -0.138. The van der Waals surface area contributed by atoms with Crippen LogP contribution in [-0.2, 0) is 11.3 Å². The first-order valence-corrected chi connectivity index (χ1v) is 6.68. The number of carbonyl (C=O) groups is 1. The smallest absolute Gasteiger partial charge is 0.305 e. The summed E-state index contributed by atoms with van der Waals surface area (Å²) in [6.07, 6.45) is 7.15. The van der Waals surface area contributed by atoms with Gasteiger partial charge in [-0.1, -0.05) is 6.92 Å². The van der Waals surface area contributed by atoms with Crippen molar-refractivity contribution in [2.75, 3.05) is 13.1 Å². The number of aryl methyl sites for hydroxylation is 1. The first kappa shape index (κ1) is 13.1. The van der Waals surface area contributed by atoms with Crippen molar-refractivity contribution in [1.29, 1.82) is 0 Å². The molecule has 1 N–H and O–H groups in total. The van der Waals surface area contributed by atoms with Crippen LogP contribution in [0.5, 0.6) is 0 Å². The third kappa shape index (κ3) is 2.90. The van der Waals surface area contributed by atoms with Crippen LogP contribution in [0.4, 0.5) is 0 Å². The molecule has 0 bridgehead atoms. The topological polar surface area (TPSA) is 58.4 Å². The summed E-state index contributed by atoms with van der Waals surface area (Å²) in [5, 5.41) is 9.11. The number of hydrogen-bond acceptors (Lipinski definition) is 3. The maximum absolute atomic E-state index is 11.1. The molecule has 1 saturated heterocycles. The van der Waals surface area contributed by atoms with Gasteiger partial charge >= 0.3 is 5.97 Å². The lowest BCUT2D eigenvalue weighted by Gasteiger charge is -2.27. The van der Waals surface area contributed by atoms with Gasteiger partial charge < -0.3 is 9.67 Å². The van der Waals surface area contributed by atoms with E-state index >= 15 is 0 Å². The summed E-state index contributed by atoms with van der Waals surface area (Å²) in [7, 11) is 0. The summed E-state index contributed by atoms with van der Waals surface area (Å²) in [6, 6.07) is -0.0287. The van der Waals surface area contributed by atoms with Crippen LogP contribution in [0.15, 0.2) is 12.5 Å². The number of imidazole rings is 1. The van der Waals surface area contributed by atoms with Crippen molar-refractivity contribution in [2.24, 2.45) is 0 Å². The number of likely N-dealkylation sites (tertiary alicyclic amines) is 1. The molecule has 2 rings (SSSR count). The van der Waals surface area contributed by atoms with Gasteiger partial charge in [0.1, 0.15) is 0 Å². The number of nitrogens with zero attached hydrogens (tertiary/aromatic N) is 3. The van der Waals surface area contributed by atoms with E-state index in [2.05, 4.69) is 21.4 Å². The predicted molar refractivity (Wildman–Crippen MR) is 68.3 cm³/mol. The molecule has 0 spiro atoms. The summed E-state index contributed by atoms with van der Waals surface area (Å²) in [4.78, 5) is 17.5. The Hall–Kier alpha value is -1.36. The first-order chi connectivity index (χ1) is 8.72. The Morgan fingerprint density at radius 2 is 2.22 bits per heavy atom. The summed E-state index contributed by atoms with van der Waals surface area (Å²) < 4.78 is 2.09. The van der Waals surface area contributed by atoms with Gasteiger partial charge in [0.05, 0.1) is 24.5 Å². The Labute approximate surface area is 107 Å². The normalized spacial score (nSPS) is 18.1. The molecule has 2 heterocycles. The second-order valence-electron chi connectivity index (χ2n) is 4.87. The summed E-state index contributed by atoms with van der Waals surface area (Å²) >= 11 is 0. The molecule has 1 aliphatic rings. The number of rotatable bonds is 6. The highest BCUT2D eigenvalue weighted by Gasteiger charge is 2.27. The monoisotopic (exact) mass is 251 g/mol. The summed E-state index contributed by atoms with van der Waals surface area (Å²) in [6.45, 7) is 5.01. The van der Waals surface area contributed by atoms with Gasteiger partial charge in [0.15, 0.2) is 0 Å². The van der Waals surface area contributed by atoms with Crippen molar-refractivity contribution in [3.63, 3.8) is 0 Å². The molecule has 1 atom stereocenters. The number of carboxylic acids is 1. The van der Waals surface area contributed by atoms with E-state index in [1.54, 1.807) is 0 Å². The van der Waals surface area contributed by atoms with Crippen molar-refractivity contribution < 1.29 is 9.90 Å². The van der Waals surface area contributed by atoms with Gasteiger partial charge in [0.2, 0.25) is 0 Å². The molecule has 0 aliphatic carbocycles. The molecule has 5 heteroatoms. The molecule has 1 fully saturated rings. The maximum Gasteiger partial charge on any atom is 0.305 e. The quantitative estimate of drug-likeness (QED) is 0.839. The molecule has 0 aromatic carbocycles. The molecule has 5 nitrogen and oxygen atoms in total. The maximum atomic E-state index is 11.1. The van der Waals surface area contributed by atoms with Gasteiger partial charge in [-0.2, -0.15) is 0 Å². The third-order valence-electron chi connectivity index (χ3n) is 3.50. The Bertz CT molecular complexity index is 397. The molecule has 1 aromatic heterocycles. The van der Waals surface area contributed by atoms with E-state index < -0.39 is 5.97 Å². The minimum absolute atomic E-state index is 0.0287. The van der Waals surface area contributed by atoms with Crippen molar-refractivity contribution in [3.8, 4) is 0 Å². The van der Waals surface area contributed by atoms with E-state index in [0.717, 1.165) is 44.6 Å². The van der Waals surface area contributed by atoms with Crippen LogP contribution < -0.4 is 0 Å². The molecular formula is C13H21N3O2. The van der Waals surface area contributed by atoms with Crippen LogP contribution >= 0.6 is 0 Å². The molecule has 1 unspecified atom stereocenters.